The molecular formula is C11H14N2O9S2. The van der Waals surface area contributed by atoms with Gasteiger partial charge in [-0.3, -0.25) is 17.7 Å². The van der Waals surface area contributed by atoms with Gasteiger partial charge in [-0.05, 0) is 0 Å². The van der Waals surface area contributed by atoms with Crippen LogP contribution in [0.25, 0.3) is 0 Å². The summed E-state index contributed by atoms with van der Waals surface area (Å²) in [5.41, 5.74) is -0.529. The van der Waals surface area contributed by atoms with Crippen molar-refractivity contribution in [1.82, 2.24) is 9.55 Å². The Hall–Kier alpha value is -1.54. The molecule has 4 atom stereocenters. The monoisotopic (exact) mass is 382 g/mol. The maximum Gasteiger partial charge on any atom is 0.302 e. The van der Waals surface area contributed by atoms with Gasteiger partial charge in [0.05, 0.1) is 19.1 Å². The first-order valence-corrected chi connectivity index (χ1v) is 10.3. The zero-order valence-corrected chi connectivity index (χ0v) is 14.2. The van der Waals surface area contributed by atoms with Crippen LogP contribution < -0.4 is 10.3 Å². The molecule has 11 nitrogen and oxygen atoms in total. The molecule has 0 radical (unpaired) electrons. The van der Waals surface area contributed by atoms with Crippen LogP contribution in [0.4, 0.5) is 0 Å². The Morgan fingerprint density at radius 3 is 2.58 bits per heavy atom. The van der Waals surface area contributed by atoms with E-state index in [4.69, 9.17) is 13.7 Å². The van der Waals surface area contributed by atoms with E-state index >= 15 is 0 Å². The molecule has 0 aliphatic carbocycles. The molecule has 0 spiro atoms. The molecule has 1 aromatic rings. The molecule has 0 amide bonds. The Morgan fingerprint density at radius 1 is 1.25 bits per heavy atom. The maximum atomic E-state index is 11.5. The average molecular weight is 382 g/mol. The smallest absolute Gasteiger partial charge is 0.302 e. The second-order valence-electron chi connectivity index (χ2n) is 5.36. The summed E-state index contributed by atoms with van der Waals surface area (Å²) in [5, 5.41) is 0. The van der Waals surface area contributed by atoms with Crippen LogP contribution >= 0.6 is 0 Å². The standard InChI is InChI=1S/C11H14N2O9S2/c1-23(15,16)19-5-6-8(22-24(2,17)18)9-10(20-6)13-4-3-7(14)12-11(13)21-9/h3-4,6,8-10H,5H2,1-2H3/t6-,8+,9-,10+/m0/s1. The molecule has 0 N–H and O–H groups in total. The lowest BCUT2D eigenvalue weighted by molar-refractivity contribution is -0.0322. The van der Waals surface area contributed by atoms with E-state index in [0.717, 1.165) is 12.5 Å². The van der Waals surface area contributed by atoms with Crippen LogP contribution in [-0.4, -0.2) is 63.8 Å². The first-order valence-electron chi connectivity index (χ1n) is 6.67. The highest BCUT2D eigenvalue weighted by Gasteiger charge is 2.54. The number of ether oxygens (including phenoxy) is 2. The molecule has 0 bridgehead atoms. The van der Waals surface area contributed by atoms with Crippen molar-refractivity contribution < 1.29 is 34.7 Å². The Morgan fingerprint density at radius 2 is 1.96 bits per heavy atom. The van der Waals surface area contributed by atoms with Gasteiger partial charge >= 0.3 is 6.01 Å². The van der Waals surface area contributed by atoms with Gasteiger partial charge < -0.3 is 9.47 Å². The molecule has 0 saturated carbocycles. The molecule has 2 aliphatic heterocycles. The summed E-state index contributed by atoms with van der Waals surface area (Å²) >= 11 is 0. The highest BCUT2D eigenvalue weighted by Crippen LogP contribution is 2.40. The Kier molecular flexibility index (Phi) is 4.16. The van der Waals surface area contributed by atoms with E-state index in [-0.39, 0.29) is 6.01 Å². The molecule has 24 heavy (non-hydrogen) atoms. The third-order valence-electron chi connectivity index (χ3n) is 3.34. The predicted octanol–water partition coefficient (Wildman–Crippen LogP) is -1.78. The number of aromatic nitrogens is 2. The highest BCUT2D eigenvalue weighted by molar-refractivity contribution is 7.86. The van der Waals surface area contributed by atoms with Gasteiger partial charge in [0.25, 0.3) is 25.8 Å². The number of hydrogen-bond acceptors (Lipinski definition) is 10. The zero-order valence-electron chi connectivity index (χ0n) is 12.6. The summed E-state index contributed by atoms with van der Waals surface area (Å²) in [6.07, 6.45) is -0.851. The third-order valence-corrected chi connectivity index (χ3v) is 4.47. The van der Waals surface area contributed by atoms with Crippen molar-refractivity contribution in [2.24, 2.45) is 0 Å². The number of hydrogen-bond donors (Lipinski definition) is 0. The van der Waals surface area contributed by atoms with Crippen LogP contribution in [0.5, 0.6) is 6.01 Å². The highest BCUT2D eigenvalue weighted by atomic mass is 32.2. The minimum absolute atomic E-state index is 0.0397. The minimum Gasteiger partial charge on any atom is -0.453 e. The molecule has 1 aromatic heterocycles. The summed E-state index contributed by atoms with van der Waals surface area (Å²) in [6, 6.07) is 1.15. The molecule has 0 aromatic carbocycles. The second-order valence-corrected chi connectivity index (χ2v) is 8.60. The third kappa shape index (κ3) is 3.59. The Balaban J connectivity index is 1.89. The van der Waals surface area contributed by atoms with E-state index in [0.29, 0.717) is 0 Å². The van der Waals surface area contributed by atoms with Gasteiger partial charge in [0.15, 0.2) is 12.3 Å². The topological polar surface area (TPSA) is 140 Å². The number of rotatable bonds is 5. The second kappa shape index (κ2) is 5.77. The fourth-order valence-corrected chi connectivity index (χ4v) is 3.52. The molecule has 1 saturated heterocycles. The summed E-state index contributed by atoms with van der Waals surface area (Å²) in [5.74, 6) is 0. The molecule has 134 valence electrons. The van der Waals surface area contributed by atoms with E-state index in [1.165, 1.54) is 16.8 Å². The van der Waals surface area contributed by atoms with Crippen molar-refractivity contribution >= 4 is 20.2 Å². The van der Waals surface area contributed by atoms with Gasteiger partial charge in [-0.25, -0.2) is 0 Å². The predicted molar refractivity (Wildman–Crippen MR) is 77.3 cm³/mol. The van der Waals surface area contributed by atoms with Gasteiger partial charge in [0.1, 0.15) is 12.2 Å². The summed E-state index contributed by atoms with van der Waals surface area (Å²) < 4.78 is 67.4. The SMILES string of the molecule is CS(=O)(=O)OC[C@@H]1O[C@@H]2[C@@H](Oc3nc(=O)ccn32)[C@@H]1OS(C)(=O)=O. The van der Waals surface area contributed by atoms with Gasteiger partial charge in [-0.1, -0.05) is 0 Å². The molecule has 1 fully saturated rings. The fourth-order valence-electron chi connectivity index (χ4n) is 2.50. The molecule has 3 heterocycles. The lowest BCUT2D eigenvalue weighted by atomic mass is 10.1. The number of fused-ring (bicyclic) bond motifs is 3. The van der Waals surface area contributed by atoms with Gasteiger partial charge in [-0.2, -0.15) is 21.8 Å². The van der Waals surface area contributed by atoms with Crippen molar-refractivity contribution in [2.45, 2.75) is 24.5 Å². The molecule has 3 rings (SSSR count). The zero-order chi connectivity index (χ0) is 17.7. The number of nitrogens with zero attached hydrogens (tertiary/aromatic N) is 2. The van der Waals surface area contributed by atoms with Crippen LogP contribution in [0.2, 0.25) is 0 Å². The van der Waals surface area contributed by atoms with E-state index in [1.807, 2.05) is 0 Å². The minimum atomic E-state index is -3.88. The van der Waals surface area contributed by atoms with Gasteiger partial charge in [0, 0.05) is 12.3 Å². The Bertz CT molecular complexity index is 908. The van der Waals surface area contributed by atoms with Crippen LogP contribution in [0.3, 0.4) is 0 Å². The van der Waals surface area contributed by atoms with E-state index in [1.54, 1.807) is 0 Å². The summed E-state index contributed by atoms with van der Waals surface area (Å²) in [7, 11) is -7.64. The maximum absolute atomic E-state index is 11.5. The van der Waals surface area contributed by atoms with Crippen molar-refractivity contribution in [2.75, 3.05) is 19.1 Å². The van der Waals surface area contributed by atoms with Gasteiger partial charge in [-0.15, -0.1) is 0 Å². The van der Waals surface area contributed by atoms with Crippen molar-refractivity contribution in [3.63, 3.8) is 0 Å². The summed E-state index contributed by atoms with van der Waals surface area (Å²) in [4.78, 5) is 14.9. The lowest BCUT2D eigenvalue weighted by Crippen LogP contribution is -2.40. The normalized spacial score (nSPS) is 29.1. The lowest BCUT2D eigenvalue weighted by Gasteiger charge is -2.20. The first kappa shape index (κ1) is 17.3. The van der Waals surface area contributed by atoms with E-state index in [2.05, 4.69) is 9.17 Å². The van der Waals surface area contributed by atoms with Crippen LogP contribution in [0.15, 0.2) is 17.1 Å². The Labute approximate surface area is 137 Å². The first-order chi connectivity index (χ1) is 11.0. The van der Waals surface area contributed by atoms with E-state index in [9.17, 15) is 21.6 Å². The quantitative estimate of drug-likeness (QED) is 0.537. The van der Waals surface area contributed by atoms with Gasteiger partial charge in [0.2, 0.25) is 0 Å². The molecular weight excluding hydrogens is 368 g/mol. The van der Waals surface area contributed by atoms with Crippen LogP contribution in [0, 0.1) is 0 Å². The molecule has 0 unspecified atom stereocenters. The van der Waals surface area contributed by atoms with Crippen LogP contribution in [0.1, 0.15) is 6.23 Å². The largest absolute Gasteiger partial charge is 0.453 e. The fraction of sp³-hybridized carbons (Fsp3) is 0.636. The van der Waals surface area contributed by atoms with E-state index < -0.39 is 56.9 Å². The van der Waals surface area contributed by atoms with Crippen molar-refractivity contribution in [1.29, 1.82) is 0 Å². The molecule has 13 heteroatoms. The molecule has 2 aliphatic rings. The van der Waals surface area contributed by atoms with Crippen molar-refractivity contribution in [3.8, 4) is 6.01 Å². The average Bonchev–Trinajstić information content (AvgIpc) is 2.91. The summed E-state index contributed by atoms with van der Waals surface area (Å²) in [6.45, 7) is -0.446. The van der Waals surface area contributed by atoms with Crippen LogP contribution in [-0.2, 0) is 33.3 Å². The van der Waals surface area contributed by atoms with Crippen molar-refractivity contribution in [3.05, 3.63) is 22.6 Å².